The van der Waals surface area contributed by atoms with Gasteiger partial charge in [-0.3, -0.25) is 0 Å². The number of aliphatic hydroxyl groups is 1. The minimum atomic E-state index is -1.31. The molecule has 4 heteroatoms. The van der Waals surface area contributed by atoms with Crippen LogP contribution in [-0.2, 0) is 12.0 Å². The van der Waals surface area contributed by atoms with Crippen molar-refractivity contribution < 1.29 is 13.9 Å². The molecule has 0 radical (unpaired) electrons. The fraction of sp³-hybridized carbons (Fsp3) is 0.250. The van der Waals surface area contributed by atoms with Crippen molar-refractivity contribution in [2.75, 3.05) is 0 Å². The lowest BCUT2D eigenvalue weighted by Crippen LogP contribution is -2.28. The van der Waals surface area contributed by atoms with Gasteiger partial charge in [0.1, 0.15) is 11.6 Å². The van der Waals surface area contributed by atoms with Gasteiger partial charge in [0.15, 0.2) is 0 Å². The highest BCUT2D eigenvalue weighted by Crippen LogP contribution is 2.31. The molecule has 1 atom stereocenters. The molecule has 1 unspecified atom stereocenters. The first kappa shape index (κ1) is 14.9. The maximum Gasteiger partial charge on any atom is 0.127 e. The van der Waals surface area contributed by atoms with Gasteiger partial charge in [0, 0.05) is 11.4 Å². The number of rotatable bonds is 4. The molecule has 0 spiro atoms. The molecule has 0 heterocycles. The molecule has 20 heavy (non-hydrogen) atoms. The molecular formula is C16H15ClF2O. The zero-order chi connectivity index (χ0) is 14.8. The minimum absolute atomic E-state index is 0.0654. The SMILES string of the molecule is CCC(O)(Cc1ccc(Cl)cc1F)c1cccc(F)c1. The summed E-state index contributed by atoms with van der Waals surface area (Å²) < 4.78 is 27.1. The van der Waals surface area contributed by atoms with E-state index in [1.54, 1.807) is 19.1 Å². The van der Waals surface area contributed by atoms with E-state index in [1.807, 2.05) is 0 Å². The second-order valence-electron chi connectivity index (χ2n) is 4.81. The van der Waals surface area contributed by atoms with Crippen LogP contribution in [0.4, 0.5) is 8.78 Å². The number of halogens is 3. The summed E-state index contributed by atoms with van der Waals surface area (Å²) in [5, 5.41) is 11.0. The number of benzene rings is 2. The van der Waals surface area contributed by atoms with Crippen molar-refractivity contribution in [3.8, 4) is 0 Å². The molecule has 2 aromatic rings. The quantitative estimate of drug-likeness (QED) is 0.883. The molecule has 0 saturated heterocycles. The van der Waals surface area contributed by atoms with Gasteiger partial charge in [-0.15, -0.1) is 0 Å². The number of hydrogen-bond donors (Lipinski definition) is 1. The molecule has 0 fully saturated rings. The van der Waals surface area contributed by atoms with Crippen LogP contribution < -0.4 is 0 Å². The van der Waals surface area contributed by atoms with E-state index in [0.29, 0.717) is 22.6 Å². The molecule has 0 aliphatic heterocycles. The normalized spacial score (nSPS) is 14.1. The average molecular weight is 297 g/mol. The van der Waals surface area contributed by atoms with Crippen molar-refractivity contribution in [3.63, 3.8) is 0 Å². The van der Waals surface area contributed by atoms with Crippen molar-refractivity contribution in [3.05, 3.63) is 70.2 Å². The highest BCUT2D eigenvalue weighted by atomic mass is 35.5. The van der Waals surface area contributed by atoms with Gasteiger partial charge >= 0.3 is 0 Å². The summed E-state index contributed by atoms with van der Waals surface area (Å²) in [4.78, 5) is 0. The summed E-state index contributed by atoms with van der Waals surface area (Å²) in [7, 11) is 0. The Balaban J connectivity index is 2.36. The van der Waals surface area contributed by atoms with Crippen LogP contribution in [0, 0.1) is 11.6 Å². The molecule has 2 aromatic carbocycles. The van der Waals surface area contributed by atoms with E-state index in [9.17, 15) is 13.9 Å². The van der Waals surface area contributed by atoms with Gasteiger partial charge < -0.3 is 5.11 Å². The van der Waals surface area contributed by atoms with Gasteiger partial charge in [0.05, 0.1) is 5.60 Å². The van der Waals surface area contributed by atoms with Crippen molar-refractivity contribution >= 4 is 11.6 Å². The van der Waals surface area contributed by atoms with Crippen LogP contribution in [0.15, 0.2) is 42.5 Å². The topological polar surface area (TPSA) is 20.2 Å². The Morgan fingerprint density at radius 3 is 2.50 bits per heavy atom. The highest BCUT2D eigenvalue weighted by Gasteiger charge is 2.29. The molecule has 0 bridgehead atoms. The summed E-state index contributed by atoms with van der Waals surface area (Å²) >= 11 is 5.71. The summed E-state index contributed by atoms with van der Waals surface area (Å²) in [6.45, 7) is 1.78. The molecule has 106 valence electrons. The predicted octanol–water partition coefficient (Wildman–Crippen LogP) is 4.46. The fourth-order valence-corrected chi connectivity index (χ4v) is 2.35. The molecule has 0 aliphatic carbocycles. The third-order valence-corrected chi connectivity index (χ3v) is 3.68. The third-order valence-electron chi connectivity index (χ3n) is 3.44. The lowest BCUT2D eigenvalue weighted by molar-refractivity contribution is 0.0316. The third kappa shape index (κ3) is 3.17. The van der Waals surface area contributed by atoms with E-state index in [0.717, 1.165) is 0 Å². The van der Waals surface area contributed by atoms with Crippen LogP contribution in [-0.4, -0.2) is 5.11 Å². The zero-order valence-corrected chi connectivity index (χ0v) is 11.8. The van der Waals surface area contributed by atoms with Crippen molar-refractivity contribution in [2.45, 2.75) is 25.4 Å². The second kappa shape index (κ2) is 5.90. The lowest BCUT2D eigenvalue weighted by atomic mass is 9.85. The predicted molar refractivity (Wildman–Crippen MR) is 75.7 cm³/mol. The minimum Gasteiger partial charge on any atom is -0.385 e. The van der Waals surface area contributed by atoms with Crippen LogP contribution in [0.1, 0.15) is 24.5 Å². The summed E-state index contributed by atoms with van der Waals surface area (Å²) in [5.41, 5.74) is -0.520. The standard InChI is InChI=1S/C16H15ClF2O/c1-2-16(20,12-4-3-5-14(18)8-12)10-11-6-7-13(17)9-15(11)19/h3-9,20H,2,10H2,1H3. The molecule has 0 saturated carbocycles. The highest BCUT2D eigenvalue weighted by molar-refractivity contribution is 6.30. The molecule has 0 amide bonds. The van der Waals surface area contributed by atoms with Crippen LogP contribution in [0.5, 0.6) is 0 Å². The summed E-state index contributed by atoms with van der Waals surface area (Å²) in [5.74, 6) is -0.897. The van der Waals surface area contributed by atoms with Crippen LogP contribution in [0.25, 0.3) is 0 Å². The number of hydrogen-bond acceptors (Lipinski definition) is 1. The van der Waals surface area contributed by atoms with Gasteiger partial charge in [-0.2, -0.15) is 0 Å². The van der Waals surface area contributed by atoms with Crippen molar-refractivity contribution in [1.82, 2.24) is 0 Å². The Morgan fingerprint density at radius 1 is 1.15 bits per heavy atom. The van der Waals surface area contributed by atoms with Crippen LogP contribution in [0.3, 0.4) is 0 Å². The first-order chi connectivity index (χ1) is 9.44. The van der Waals surface area contributed by atoms with Gasteiger partial charge in [0.25, 0.3) is 0 Å². The first-order valence-electron chi connectivity index (χ1n) is 6.37. The monoisotopic (exact) mass is 296 g/mol. The fourth-order valence-electron chi connectivity index (χ4n) is 2.19. The Bertz CT molecular complexity index is 615. The molecular weight excluding hydrogens is 282 g/mol. The van der Waals surface area contributed by atoms with Gasteiger partial charge in [-0.1, -0.05) is 36.7 Å². The maximum absolute atomic E-state index is 13.8. The van der Waals surface area contributed by atoms with E-state index in [-0.39, 0.29) is 6.42 Å². The van der Waals surface area contributed by atoms with E-state index in [1.165, 1.54) is 30.3 Å². The smallest absolute Gasteiger partial charge is 0.127 e. The average Bonchev–Trinajstić information content (AvgIpc) is 2.42. The Hall–Kier alpha value is -1.45. The first-order valence-corrected chi connectivity index (χ1v) is 6.75. The van der Waals surface area contributed by atoms with Crippen molar-refractivity contribution in [1.29, 1.82) is 0 Å². The zero-order valence-electron chi connectivity index (χ0n) is 11.0. The van der Waals surface area contributed by atoms with Crippen LogP contribution in [0.2, 0.25) is 5.02 Å². The Morgan fingerprint density at radius 2 is 1.90 bits per heavy atom. The van der Waals surface area contributed by atoms with Crippen LogP contribution >= 0.6 is 11.6 Å². The van der Waals surface area contributed by atoms with Gasteiger partial charge in [-0.25, -0.2) is 8.78 Å². The van der Waals surface area contributed by atoms with E-state index in [4.69, 9.17) is 11.6 Å². The van der Waals surface area contributed by atoms with Gasteiger partial charge in [-0.05, 0) is 41.8 Å². The molecule has 0 aromatic heterocycles. The lowest BCUT2D eigenvalue weighted by Gasteiger charge is -2.28. The second-order valence-corrected chi connectivity index (χ2v) is 5.24. The largest absolute Gasteiger partial charge is 0.385 e. The summed E-state index contributed by atoms with van der Waals surface area (Å²) in [6, 6.07) is 10.1. The van der Waals surface area contributed by atoms with E-state index in [2.05, 4.69) is 0 Å². The maximum atomic E-state index is 13.8. The van der Waals surface area contributed by atoms with E-state index < -0.39 is 17.2 Å². The Kier molecular flexibility index (Phi) is 4.41. The molecule has 2 rings (SSSR count). The van der Waals surface area contributed by atoms with E-state index >= 15 is 0 Å². The Labute approximate surface area is 121 Å². The molecule has 0 aliphatic rings. The van der Waals surface area contributed by atoms with Gasteiger partial charge in [0.2, 0.25) is 0 Å². The molecule has 1 nitrogen and oxygen atoms in total. The summed E-state index contributed by atoms with van der Waals surface area (Å²) in [6.07, 6.45) is 0.411. The van der Waals surface area contributed by atoms with Crippen molar-refractivity contribution in [2.24, 2.45) is 0 Å². The molecule has 1 N–H and O–H groups in total.